The molecule has 1 aliphatic carbocycles. The molecule has 0 saturated heterocycles. The Morgan fingerprint density at radius 1 is 1.37 bits per heavy atom. The Hall–Kier alpha value is -1.42. The van der Waals surface area contributed by atoms with Crippen LogP contribution in [0, 0.1) is 12.8 Å². The molecular weight excluding hydrogens is 258 g/mol. The predicted octanol–water partition coefficient (Wildman–Crippen LogP) is 3.96. The number of aliphatic carboxylic acids is 1. The van der Waals surface area contributed by atoms with Gasteiger partial charge in [-0.15, -0.1) is 11.3 Å². The topological polar surface area (TPSA) is 50.2 Å². The summed E-state index contributed by atoms with van der Waals surface area (Å²) in [7, 11) is 0. The Bertz CT molecular complexity index is 620. The van der Waals surface area contributed by atoms with Crippen molar-refractivity contribution >= 4 is 27.5 Å². The van der Waals surface area contributed by atoms with Gasteiger partial charge in [0.1, 0.15) is 0 Å². The highest BCUT2D eigenvalue weighted by atomic mass is 32.1. The molecule has 2 unspecified atom stereocenters. The first-order chi connectivity index (χ1) is 9.15. The molecule has 100 valence electrons. The highest BCUT2D eigenvalue weighted by Gasteiger charge is 2.33. The van der Waals surface area contributed by atoms with Crippen LogP contribution in [-0.2, 0) is 4.79 Å². The number of hydrogen-bond acceptors (Lipinski definition) is 3. The molecule has 0 spiro atoms. The monoisotopic (exact) mass is 275 g/mol. The Morgan fingerprint density at radius 3 is 2.95 bits per heavy atom. The molecule has 0 aliphatic heterocycles. The van der Waals surface area contributed by atoms with E-state index >= 15 is 0 Å². The van der Waals surface area contributed by atoms with Gasteiger partial charge in [0.2, 0.25) is 0 Å². The molecule has 19 heavy (non-hydrogen) atoms. The lowest BCUT2D eigenvalue weighted by Crippen LogP contribution is -2.25. The summed E-state index contributed by atoms with van der Waals surface area (Å²) in [5, 5.41) is 10.4. The minimum Gasteiger partial charge on any atom is -0.481 e. The zero-order valence-corrected chi connectivity index (χ0v) is 11.7. The summed E-state index contributed by atoms with van der Waals surface area (Å²) in [6.45, 7) is 2.05. The van der Waals surface area contributed by atoms with Crippen LogP contribution < -0.4 is 0 Å². The minimum atomic E-state index is -0.667. The Balaban J connectivity index is 1.99. The third-order valence-corrected chi connectivity index (χ3v) is 5.13. The zero-order valence-electron chi connectivity index (χ0n) is 10.9. The van der Waals surface area contributed by atoms with Gasteiger partial charge in [0.25, 0.3) is 0 Å². The third kappa shape index (κ3) is 2.37. The molecule has 2 aromatic rings. The lowest BCUT2D eigenvalue weighted by molar-refractivity contribution is -0.143. The standard InChI is InChI=1S/C15H17NO2S/c1-9-6-7-13-12(8-9)16-14(19-13)10-4-2-3-5-11(10)15(17)18/h6-8,10-11H,2-5H2,1H3,(H,17,18). The van der Waals surface area contributed by atoms with Crippen molar-refractivity contribution in [2.24, 2.45) is 5.92 Å². The van der Waals surface area contributed by atoms with Gasteiger partial charge in [-0.05, 0) is 37.5 Å². The maximum atomic E-state index is 11.4. The maximum absolute atomic E-state index is 11.4. The maximum Gasteiger partial charge on any atom is 0.307 e. The second-order valence-corrected chi connectivity index (χ2v) is 6.42. The average molecular weight is 275 g/mol. The van der Waals surface area contributed by atoms with Gasteiger partial charge >= 0.3 is 5.97 Å². The molecule has 1 saturated carbocycles. The van der Waals surface area contributed by atoms with E-state index in [9.17, 15) is 9.90 Å². The third-order valence-electron chi connectivity index (χ3n) is 3.96. The number of aryl methyl sites for hydroxylation is 1. The van der Waals surface area contributed by atoms with Crippen LogP contribution >= 0.6 is 11.3 Å². The first kappa shape index (κ1) is 12.6. The summed E-state index contributed by atoms with van der Waals surface area (Å²) in [5.41, 5.74) is 2.21. The number of hydrogen-bond donors (Lipinski definition) is 1. The van der Waals surface area contributed by atoms with Crippen molar-refractivity contribution in [1.29, 1.82) is 0 Å². The number of carboxylic acid groups (broad SMARTS) is 1. The van der Waals surface area contributed by atoms with E-state index in [1.165, 1.54) is 5.56 Å². The number of carboxylic acids is 1. The fourth-order valence-electron chi connectivity index (χ4n) is 2.94. The largest absolute Gasteiger partial charge is 0.481 e. The Labute approximate surface area is 116 Å². The van der Waals surface area contributed by atoms with Crippen molar-refractivity contribution in [3.8, 4) is 0 Å². The number of fused-ring (bicyclic) bond motifs is 1. The molecule has 0 radical (unpaired) electrons. The van der Waals surface area contributed by atoms with Crippen molar-refractivity contribution in [1.82, 2.24) is 4.98 Å². The number of benzene rings is 1. The van der Waals surface area contributed by atoms with Crippen LogP contribution in [0.3, 0.4) is 0 Å². The number of nitrogens with zero attached hydrogens (tertiary/aromatic N) is 1. The number of rotatable bonds is 2. The molecule has 1 fully saturated rings. The summed E-state index contributed by atoms with van der Waals surface area (Å²) in [5.74, 6) is -0.820. The van der Waals surface area contributed by atoms with E-state index in [-0.39, 0.29) is 11.8 Å². The van der Waals surface area contributed by atoms with E-state index in [1.807, 2.05) is 0 Å². The van der Waals surface area contributed by atoms with Gasteiger partial charge in [-0.2, -0.15) is 0 Å². The molecule has 3 rings (SSSR count). The van der Waals surface area contributed by atoms with Gasteiger partial charge < -0.3 is 5.11 Å². The molecule has 1 heterocycles. The first-order valence-electron chi connectivity index (χ1n) is 6.75. The van der Waals surface area contributed by atoms with E-state index in [1.54, 1.807) is 11.3 Å². The van der Waals surface area contributed by atoms with Crippen molar-refractivity contribution in [2.45, 2.75) is 38.5 Å². The van der Waals surface area contributed by atoms with Crippen molar-refractivity contribution in [3.63, 3.8) is 0 Å². The SMILES string of the molecule is Cc1ccc2sc(C3CCCCC3C(=O)O)nc2c1. The summed E-state index contributed by atoms with van der Waals surface area (Å²) in [6, 6.07) is 6.25. The second kappa shape index (κ2) is 4.93. The number of aromatic nitrogens is 1. The fraction of sp³-hybridized carbons (Fsp3) is 0.467. The van der Waals surface area contributed by atoms with Crippen LogP contribution in [0.25, 0.3) is 10.2 Å². The minimum absolute atomic E-state index is 0.101. The summed E-state index contributed by atoms with van der Waals surface area (Å²) in [6.07, 6.45) is 3.88. The molecule has 1 N–H and O–H groups in total. The zero-order chi connectivity index (χ0) is 13.4. The molecule has 1 aromatic heterocycles. The molecule has 0 bridgehead atoms. The van der Waals surface area contributed by atoms with E-state index < -0.39 is 5.97 Å². The van der Waals surface area contributed by atoms with Gasteiger partial charge in [-0.25, -0.2) is 4.98 Å². The molecule has 2 atom stereocenters. The lowest BCUT2D eigenvalue weighted by atomic mass is 9.79. The van der Waals surface area contributed by atoms with E-state index in [0.717, 1.165) is 40.9 Å². The molecule has 1 aromatic carbocycles. The summed E-state index contributed by atoms with van der Waals surface area (Å²) < 4.78 is 1.16. The van der Waals surface area contributed by atoms with Crippen LogP contribution in [0.2, 0.25) is 0 Å². The van der Waals surface area contributed by atoms with Crippen LogP contribution in [0.5, 0.6) is 0 Å². The summed E-state index contributed by atoms with van der Waals surface area (Å²) in [4.78, 5) is 16.1. The number of thiazole rings is 1. The van der Waals surface area contributed by atoms with E-state index in [4.69, 9.17) is 0 Å². The highest BCUT2D eigenvalue weighted by Crippen LogP contribution is 2.40. The lowest BCUT2D eigenvalue weighted by Gasteiger charge is -2.26. The fourth-order valence-corrected chi connectivity index (χ4v) is 4.08. The van der Waals surface area contributed by atoms with Crippen molar-refractivity contribution < 1.29 is 9.90 Å². The average Bonchev–Trinajstić information content (AvgIpc) is 2.81. The van der Waals surface area contributed by atoms with Crippen LogP contribution in [0.15, 0.2) is 18.2 Å². The van der Waals surface area contributed by atoms with E-state index in [0.29, 0.717) is 0 Å². The quantitative estimate of drug-likeness (QED) is 0.902. The molecule has 3 nitrogen and oxygen atoms in total. The van der Waals surface area contributed by atoms with Gasteiger partial charge in [-0.1, -0.05) is 18.9 Å². The Morgan fingerprint density at radius 2 is 2.16 bits per heavy atom. The van der Waals surface area contributed by atoms with Crippen molar-refractivity contribution in [2.75, 3.05) is 0 Å². The van der Waals surface area contributed by atoms with Crippen LogP contribution in [0.1, 0.15) is 42.2 Å². The van der Waals surface area contributed by atoms with Gasteiger partial charge in [0.05, 0.1) is 21.1 Å². The predicted molar refractivity (Wildman–Crippen MR) is 76.7 cm³/mol. The first-order valence-corrected chi connectivity index (χ1v) is 7.56. The van der Waals surface area contributed by atoms with Crippen LogP contribution in [-0.4, -0.2) is 16.1 Å². The molecule has 4 heteroatoms. The second-order valence-electron chi connectivity index (χ2n) is 5.36. The van der Waals surface area contributed by atoms with Gasteiger partial charge in [0.15, 0.2) is 0 Å². The smallest absolute Gasteiger partial charge is 0.307 e. The van der Waals surface area contributed by atoms with E-state index in [2.05, 4.69) is 30.1 Å². The Kier molecular flexibility index (Phi) is 3.27. The normalized spacial score (nSPS) is 23.6. The van der Waals surface area contributed by atoms with Gasteiger partial charge in [0, 0.05) is 5.92 Å². The number of carbonyl (C=O) groups is 1. The highest BCUT2D eigenvalue weighted by molar-refractivity contribution is 7.18. The van der Waals surface area contributed by atoms with Crippen LogP contribution in [0.4, 0.5) is 0 Å². The van der Waals surface area contributed by atoms with Crippen molar-refractivity contribution in [3.05, 3.63) is 28.8 Å². The molecular formula is C15H17NO2S. The molecule has 0 amide bonds. The summed E-state index contributed by atoms with van der Waals surface area (Å²) >= 11 is 1.66. The molecule has 1 aliphatic rings. The van der Waals surface area contributed by atoms with Gasteiger partial charge in [-0.3, -0.25) is 4.79 Å².